The maximum absolute atomic E-state index is 13.5. The summed E-state index contributed by atoms with van der Waals surface area (Å²) in [5.41, 5.74) is 1.19. The van der Waals surface area contributed by atoms with Gasteiger partial charge in [-0.25, -0.2) is 4.39 Å². The van der Waals surface area contributed by atoms with Gasteiger partial charge < -0.3 is 10.0 Å². The zero-order chi connectivity index (χ0) is 21.3. The molecule has 4 nitrogen and oxygen atoms in total. The van der Waals surface area contributed by atoms with Gasteiger partial charge in [0.2, 0.25) is 5.91 Å². The number of likely N-dealkylation sites (tertiary alicyclic amines) is 1. The Morgan fingerprint density at radius 2 is 1.90 bits per heavy atom. The first-order valence-corrected chi connectivity index (χ1v) is 11.2. The van der Waals surface area contributed by atoms with E-state index in [9.17, 15) is 19.1 Å². The van der Waals surface area contributed by atoms with Gasteiger partial charge in [0, 0.05) is 35.3 Å². The van der Waals surface area contributed by atoms with E-state index in [1.54, 1.807) is 12.1 Å². The first-order chi connectivity index (χ1) is 14.2. The summed E-state index contributed by atoms with van der Waals surface area (Å²) in [5, 5.41) is 10.6. The molecule has 0 unspecified atom stereocenters. The maximum Gasteiger partial charge on any atom is 0.227 e. The lowest BCUT2D eigenvalue weighted by molar-refractivity contribution is -0.152. The number of ketones is 1. The Balaban J connectivity index is 1.51. The van der Waals surface area contributed by atoms with Crippen molar-refractivity contribution in [3.05, 3.63) is 47.4 Å². The van der Waals surface area contributed by atoms with Gasteiger partial charge in [-0.1, -0.05) is 32.1 Å². The van der Waals surface area contributed by atoms with Crippen LogP contribution in [0.25, 0.3) is 0 Å². The molecule has 1 heterocycles. The number of carbonyl (C=O) groups is 2. The molecule has 1 amide bonds. The average molecular weight is 412 g/mol. The first-order valence-electron chi connectivity index (χ1n) is 11.2. The largest absolute Gasteiger partial charge is 0.393 e. The predicted octanol–water partition coefficient (Wildman–Crippen LogP) is 4.22. The number of aliphatic hydroxyl groups is 1. The summed E-state index contributed by atoms with van der Waals surface area (Å²) in [5.74, 6) is 0.540. The summed E-state index contributed by atoms with van der Waals surface area (Å²) in [6.45, 7) is 4.66. The third-order valence-electron chi connectivity index (χ3n) is 8.77. The van der Waals surface area contributed by atoms with Gasteiger partial charge in [-0.05, 0) is 55.2 Å². The van der Waals surface area contributed by atoms with Crippen LogP contribution in [0.1, 0.15) is 57.9 Å². The molecule has 0 spiro atoms. The van der Waals surface area contributed by atoms with Gasteiger partial charge in [-0.3, -0.25) is 9.59 Å². The SMILES string of the molecule is C[C@]12CC(=O)[C@H]3[C@@H](CC=C4N(Cc5ccc(F)cc5)C(=O)CC[C@@]43C)[C@@H]1CC[C@@H]2O. The van der Waals surface area contributed by atoms with E-state index in [1.807, 2.05) is 4.90 Å². The molecule has 1 N–H and O–H groups in total. The topological polar surface area (TPSA) is 57.6 Å². The predicted molar refractivity (Wildman–Crippen MR) is 110 cm³/mol. The number of nitrogens with zero attached hydrogens (tertiary/aromatic N) is 1. The number of allylic oxidation sites excluding steroid dienone is 2. The number of benzene rings is 1. The third kappa shape index (κ3) is 2.74. The van der Waals surface area contributed by atoms with Crippen molar-refractivity contribution in [1.82, 2.24) is 4.90 Å². The van der Waals surface area contributed by atoms with Crippen molar-refractivity contribution in [2.45, 2.75) is 65.0 Å². The van der Waals surface area contributed by atoms with Crippen molar-refractivity contribution >= 4 is 11.7 Å². The lowest BCUT2D eigenvalue weighted by Gasteiger charge is -2.57. The molecular weight excluding hydrogens is 381 g/mol. The van der Waals surface area contributed by atoms with Gasteiger partial charge in [-0.15, -0.1) is 0 Å². The Kier molecular flexibility index (Phi) is 4.48. The molecule has 0 bridgehead atoms. The van der Waals surface area contributed by atoms with Crippen LogP contribution in [0.3, 0.4) is 0 Å². The van der Waals surface area contributed by atoms with Gasteiger partial charge in [0.05, 0.1) is 12.6 Å². The van der Waals surface area contributed by atoms with Crippen LogP contribution in [0.5, 0.6) is 0 Å². The van der Waals surface area contributed by atoms with Gasteiger partial charge in [0.1, 0.15) is 11.6 Å². The zero-order valence-electron chi connectivity index (χ0n) is 17.7. The van der Waals surface area contributed by atoms with Crippen molar-refractivity contribution in [3.8, 4) is 0 Å². The number of Topliss-reactive ketones (excluding diaryl/α,β-unsaturated/α-hetero) is 1. The van der Waals surface area contributed by atoms with Crippen LogP contribution in [0.2, 0.25) is 0 Å². The third-order valence-corrected chi connectivity index (χ3v) is 8.77. The summed E-state index contributed by atoms with van der Waals surface area (Å²) in [6.07, 6.45) is 5.88. The van der Waals surface area contributed by atoms with Crippen LogP contribution < -0.4 is 0 Å². The highest BCUT2D eigenvalue weighted by Crippen LogP contribution is 2.63. The van der Waals surface area contributed by atoms with Crippen LogP contribution in [-0.2, 0) is 16.1 Å². The Hall–Kier alpha value is -2.01. The Morgan fingerprint density at radius 1 is 1.17 bits per heavy atom. The van der Waals surface area contributed by atoms with Gasteiger partial charge in [0.25, 0.3) is 0 Å². The van der Waals surface area contributed by atoms with E-state index in [0.29, 0.717) is 31.7 Å². The van der Waals surface area contributed by atoms with E-state index in [4.69, 9.17) is 0 Å². The fourth-order valence-electron chi connectivity index (χ4n) is 7.20. The number of piperidine rings is 1. The minimum Gasteiger partial charge on any atom is -0.393 e. The maximum atomic E-state index is 13.5. The number of aliphatic hydroxyl groups excluding tert-OH is 1. The second kappa shape index (κ2) is 6.74. The van der Waals surface area contributed by atoms with E-state index < -0.39 is 6.10 Å². The van der Waals surface area contributed by atoms with Crippen molar-refractivity contribution in [2.75, 3.05) is 0 Å². The van der Waals surface area contributed by atoms with E-state index >= 15 is 0 Å². The lowest BCUT2D eigenvalue weighted by Crippen LogP contribution is -2.57. The standard InChI is InChI=1S/C25H30FNO3/c1-24-12-11-22(30)27(14-15-3-5-16(26)6-4-15)20(24)9-7-17-18-8-10-21(29)25(18,2)13-19(28)23(17)24/h3-6,9,17-18,21,23,29H,7-8,10-14H2,1-2H3/t17-,18-,21-,23+,24-,25-/m0/s1. The molecule has 1 aliphatic heterocycles. The van der Waals surface area contributed by atoms with Crippen LogP contribution in [-0.4, -0.2) is 27.8 Å². The molecule has 5 rings (SSSR count). The summed E-state index contributed by atoms with van der Waals surface area (Å²) in [7, 11) is 0. The summed E-state index contributed by atoms with van der Waals surface area (Å²) in [6, 6.07) is 6.28. The molecule has 0 radical (unpaired) electrons. The molecule has 160 valence electrons. The van der Waals surface area contributed by atoms with E-state index in [0.717, 1.165) is 30.5 Å². The van der Waals surface area contributed by atoms with E-state index in [1.165, 1.54) is 12.1 Å². The number of fused-ring (bicyclic) bond motifs is 5. The minimum absolute atomic E-state index is 0.0749. The smallest absolute Gasteiger partial charge is 0.227 e. The number of rotatable bonds is 2. The highest BCUT2D eigenvalue weighted by molar-refractivity contribution is 5.87. The highest BCUT2D eigenvalue weighted by atomic mass is 19.1. The Labute approximate surface area is 177 Å². The molecule has 4 aliphatic rings. The quantitative estimate of drug-likeness (QED) is 0.793. The number of amides is 1. The molecule has 0 aromatic heterocycles. The monoisotopic (exact) mass is 411 g/mol. The summed E-state index contributed by atoms with van der Waals surface area (Å²) < 4.78 is 13.3. The number of hydrogen-bond acceptors (Lipinski definition) is 3. The highest BCUT2D eigenvalue weighted by Gasteiger charge is 2.62. The van der Waals surface area contributed by atoms with E-state index in [-0.39, 0.29) is 40.2 Å². The molecule has 5 heteroatoms. The van der Waals surface area contributed by atoms with Crippen LogP contribution in [0.4, 0.5) is 4.39 Å². The fourth-order valence-corrected chi connectivity index (χ4v) is 7.20. The molecule has 1 aromatic rings. The second-order valence-electron chi connectivity index (χ2n) is 10.3. The Morgan fingerprint density at radius 3 is 2.63 bits per heavy atom. The minimum atomic E-state index is -0.395. The first kappa shape index (κ1) is 19.9. The van der Waals surface area contributed by atoms with Crippen molar-refractivity contribution in [1.29, 1.82) is 0 Å². The van der Waals surface area contributed by atoms with Gasteiger partial charge >= 0.3 is 0 Å². The van der Waals surface area contributed by atoms with Gasteiger partial charge in [0.15, 0.2) is 0 Å². The molecule has 30 heavy (non-hydrogen) atoms. The number of hydrogen-bond donors (Lipinski definition) is 1. The number of carbonyl (C=O) groups excluding carboxylic acids is 2. The molecular formula is C25H30FNO3. The fraction of sp³-hybridized carbons (Fsp3) is 0.600. The summed E-state index contributed by atoms with van der Waals surface area (Å²) in [4.78, 5) is 28.2. The molecule has 1 saturated heterocycles. The summed E-state index contributed by atoms with van der Waals surface area (Å²) >= 11 is 0. The van der Waals surface area contributed by atoms with Crippen LogP contribution in [0, 0.1) is 34.4 Å². The van der Waals surface area contributed by atoms with Gasteiger partial charge in [-0.2, -0.15) is 0 Å². The normalized spacial score (nSPS) is 40.5. The lowest BCUT2D eigenvalue weighted by atomic mass is 9.49. The van der Waals surface area contributed by atoms with Crippen LogP contribution >= 0.6 is 0 Å². The second-order valence-corrected chi connectivity index (χ2v) is 10.3. The average Bonchev–Trinajstić information content (AvgIpc) is 3.00. The van der Waals surface area contributed by atoms with Crippen molar-refractivity contribution < 1.29 is 19.1 Å². The molecule has 3 fully saturated rings. The van der Waals surface area contributed by atoms with Crippen molar-refractivity contribution in [3.63, 3.8) is 0 Å². The van der Waals surface area contributed by atoms with Crippen LogP contribution in [0.15, 0.2) is 36.0 Å². The van der Waals surface area contributed by atoms with E-state index in [2.05, 4.69) is 19.9 Å². The Bertz CT molecular complexity index is 925. The molecule has 3 aliphatic carbocycles. The number of halogens is 1. The molecule has 2 saturated carbocycles. The van der Waals surface area contributed by atoms with Crippen molar-refractivity contribution in [2.24, 2.45) is 28.6 Å². The molecule has 1 aromatic carbocycles. The zero-order valence-corrected chi connectivity index (χ0v) is 17.7. The molecule has 6 atom stereocenters.